The maximum atomic E-state index is 14.4. The van der Waals surface area contributed by atoms with Gasteiger partial charge in [-0.05, 0) is 64.7 Å². The highest BCUT2D eigenvalue weighted by atomic mass is 16.6. The van der Waals surface area contributed by atoms with Crippen molar-refractivity contribution in [2.24, 2.45) is 5.92 Å². The summed E-state index contributed by atoms with van der Waals surface area (Å²) in [6.45, 7) is 14.8. The number of benzene rings is 2. The first-order valence-electron chi connectivity index (χ1n) is 14.2. The third-order valence-corrected chi connectivity index (χ3v) is 6.81. The molecule has 0 fully saturated rings. The van der Waals surface area contributed by atoms with Crippen LogP contribution >= 0.6 is 0 Å². The first kappa shape index (κ1) is 32.1. The van der Waals surface area contributed by atoms with Gasteiger partial charge in [-0.3, -0.25) is 14.2 Å². The molecule has 0 aliphatic carbocycles. The highest BCUT2D eigenvalue weighted by molar-refractivity contribution is 5.95. The Labute approximate surface area is 248 Å². The summed E-state index contributed by atoms with van der Waals surface area (Å²) in [6, 6.07) is 17.9. The minimum absolute atomic E-state index is 0.0486. The Bertz CT molecular complexity index is 1500. The molecule has 42 heavy (non-hydrogen) atoms. The normalized spacial score (nSPS) is 12.8. The van der Waals surface area contributed by atoms with Crippen LogP contribution in [0.25, 0.3) is 0 Å². The average Bonchev–Trinajstić information content (AvgIpc) is 2.92. The number of hydrogen-bond acceptors (Lipinski definition) is 6. The Hall–Kier alpha value is -4.45. The van der Waals surface area contributed by atoms with E-state index in [2.05, 4.69) is 5.32 Å². The quantitative estimate of drug-likeness (QED) is 0.321. The lowest BCUT2D eigenvalue weighted by molar-refractivity contribution is 0.0250. The van der Waals surface area contributed by atoms with E-state index in [1.807, 2.05) is 76.2 Å². The second kappa shape index (κ2) is 13.5. The first-order chi connectivity index (χ1) is 19.8. The van der Waals surface area contributed by atoms with Gasteiger partial charge < -0.3 is 15.0 Å². The molecule has 0 radical (unpaired) electrons. The molecule has 2 atom stereocenters. The molecule has 2 unspecified atom stereocenters. The number of alkyl carbamates (subject to hydrolysis) is 1. The highest BCUT2D eigenvalue weighted by Gasteiger charge is 2.38. The Morgan fingerprint density at radius 2 is 1.69 bits per heavy atom. The summed E-state index contributed by atoms with van der Waals surface area (Å²) in [7, 11) is 0. The van der Waals surface area contributed by atoms with E-state index in [-0.39, 0.29) is 29.6 Å². The molecule has 1 aromatic heterocycles. The Morgan fingerprint density at radius 3 is 2.21 bits per heavy atom. The zero-order valence-electron chi connectivity index (χ0n) is 25.8. The fourth-order valence-corrected chi connectivity index (χ4v) is 4.82. The van der Waals surface area contributed by atoms with E-state index >= 15 is 0 Å². The van der Waals surface area contributed by atoms with Crippen LogP contribution in [0.4, 0.5) is 4.79 Å². The number of carbonyl (C=O) groups excluding carboxylic acids is 2. The third kappa shape index (κ3) is 7.64. The summed E-state index contributed by atoms with van der Waals surface area (Å²) in [5.41, 5.74) is 1.28. The standard InChI is InChI=1S/C33H41N5O4/c1-9-27(36-32(41)42-33(6,7)8)38(30(39)25-17-15-22(4)16-18-25)28(21(2)3)29-35-23(5)26(19-34)31(40)37(29)20-24-13-11-10-12-14-24/h10-18,21,27-28H,9,20H2,1-8H3,(H,36,41). The molecule has 2 aromatic carbocycles. The van der Waals surface area contributed by atoms with E-state index in [4.69, 9.17) is 9.72 Å². The number of rotatable bonds is 9. The van der Waals surface area contributed by atoms with Crippen LogP contribution in [0, 0.1) is 31.1 Å². The number of ether oxygens (including phenoxy) is 1. The minimum atomic E-state index is -0.793. The second-order valence-corrected chi connectivity index (χ2v) is 11.8. The van der Waals surface area contributed by atoms with Crippen LogP contribution in [-0.2, 0) is 11.3 Å². The van der Waals surface area contributed by atoms with Gasteiger partial charge >= 0.3 is 6.09 Å². The lowest BCUT2D eigenvalue weighted by Crippen LogP contribution is -2.54. The molecule has 0 spiro atoms. The van der Waals surface area contributed by atoms with Crippen molar-refractivity contribution in [3.05, 3.63) is 98.7 Å². The Kier molecular flexibility index (Phi) is 10.3. The third-order valence-electron chi connectivity index (χ3n) is 6.81. The molecule has 0 bridgehead atoms. The number of hydrogen-bond donors (Lipinski definition) is 1. The van der Waals surface area contributed by atoms with Gasteiger partial charge in [0.15, 0.2) is 0 Å². The lowest BCUT2D eigenvalue weighted by Gasteiger charge is -2.40. The summed E-state index contributed by atoms with van der Waals surface area (Å²) in [4.78, 5) is 47.5. The number of aryl methyl sites for hydroxylation is 2. The maximum absolute atomic E-state index is 14.4. The van der Waals surface area contributed by atoms with Crippen LogP contribution in [-0.4, -0.2) is 38.2 Å². The number of nitriles is 1. The molecule has 9 heteroatoms. The van der Waals surface area contributed by atoms with Crippen molar-refractivity contribution in [2.75, 3.05) is 0 Å². The SMILES string of the molecule is CCC(NC(=O)OC(C)(C)C)N(C(=O)c1ccc(C)cc1)C(c1nc(C)c(C#N)c(=O)n1Cc1ccccc1)C(C)C. The van der Waals surface area contributed by atoms with Crippen molar-refractivity contribution in [1.82, 2.24) is 19.8 Å². The first-order valence-corrected chi connectivity index (χ1v) is 14.2. The Morgan fingerprint density at radius 1 is 1.07 bits per heavy atom. The van der Waals surface area contributed by atoms with E-state index in [1.165, 1.54) is 4.57 Å². The molecule has 222 valence electrons. The smallest absolute Gasteiger partial charge is 0.409 e. The van der Waals surface area contributed by atoms with Crippen molar-refractivity contribution in [3.8, 4) is 6.07 Å². The van der Waals surface area contributed by atoms with Gasteiger partial charge in [0.25, 0.3) is 11.5 Å². The van der Waals surface area contributed by atoms with E-state index in [1.54, 1.807) is 44.7 Å². The zero-order chi connectivity index (χ0) is 31.2. The van der Waals surface area contributed by atoms with Crippen LogP contribution in [0.3, 0.4) is 0 Å². The van der Waals surface area contributed by atoms with Gasteiger partial charge in [0, 0.05) is 5.56 Å². The van der Waals surface area contributed by atoms with Crippen molar-refractivity contribution in [1.29, 1.82) is 5.26 Å². The van der Waals surface area contributed by atoms with Crippen LogP contribution in [0.2, 0.25) is 0 Å². The van der Waals surface area contributed by atoms with Crippen LogP contribution in [0.15, 0.2) is 59.4 Å². The van der Waals surface area contributed by atoms with Gasteiger partial charge in [-0.15, -0.1) is 0 Å². The van der Waals surface area contributed by atoms with Crippen molar-refractivity contribution >= 4 is 12.0 Å². The summed E-state index contributed by atoms with van der Waals surface area (Å²) in [5, 5.41) is 12.7. The zero-order valence-corrected chi connectivity index (χ0v) is 25.8. The van der Waals surface area contributed by atoms with Gasteiger partial charge in [0.05, 0.1) is 18.3 Å². The van der Waals surface area contributed by atoms with Gasteiger partial charge in [-0.25, -0.2) is 9.78 Å². The topological polar surface area (TPSA) is 117 Å². The molecule has 0 aliphatic heterocycles. The maximum Gasteiger partial charge on any atom is 0.409 e. The van der Waals surface area contributed by atoms with Gasteiger partial charge in [0.2, 0.25) is 0 Å². The van der Waals surface area contributed by atoms with Crippen LogP contribution in [0.5, 0.6) is 0 Å². The van der Waals surface area contributed by atoms with Crippen molar-refractivity contribution in [3.63, 3.8) is 0 Å². The summed E-state index contributed by atoms with van der Waals surface area (Å²) < 4.78 is 7.02. The molecule has 3 rings (SSSR count). The second-order valence-electron chi connectivity index (χ2n) is 11.8. The van der Waals surface area contributed by atoms with E-state index in [9.17, 15) is 19.6 Å². The molecule has 2 amide bonds. The molecular weight excluding hydrogens is 530 g/mol. The molecule has 3 aromatic rings. The number of nitrogens with zero attached hydrogens (tertiary/aromatic N) is 4. The lowest BCUT2D eigenvalue weighted by atomic mass is 9.97. The van der Waals surface area contributed by atoms with E-state index < -0.39 is 29.5 Å². The average molecular weight is 572 g/mol. The molecule has 1 heterocycles. The van der Waals surface area contributed by atoms with Crippen molar-refractivity contribution < 1.29 is 14.3 Å². The fourth-order valence-electron chi connectivity index (χ4n) is 4.82. The molecule has 0 saturated heterocycles. The minimum Gasteiger partial charge on any atom is -0.444 e. The van der Waals surface area contributed by atoms with Crippen LogP contribution in [0.1, 0.15) is 92.6 Å². The predicted octanol–water partition coefficient (Wildman–Crippen LogP) is 5.88. The fraction of sp³-hybridized carbons (Fsp3) is 0.424. The molecule has 9 nitrogen and oxygen atoms in total. The largest absolute Gasteiger partial charge is 0.444 e. The van der Waals surface area contributed by atoms with Gasteiger partial charge in [-0.1, -0.05) is 68.8 Å². The van der Waals surface area contributed by atoms with Gasteiger partial charge in [-0.2, -0.15) is 5.26 Å². The summed E-state index contributed by atoms with van der Waals surface area (Å²) in [5.74, 6) is -0.241. The van der Waals surface area contributed by atoms with E-state index in [0.29, 0.717) is 17.8 Å². The Balaban J connectivity index is 2.28. The summed E-state index contributed by atoms with van der Waals surface area (Å²) >= 11 is 0. The van der Waals surface area contributed by atoms with E-state index in [0.717, 1.165) is 11.1 Å². The number of nitrogens with one attached hydrogen (secondary N) is 1. The van der Waals surface area contributed by atoms with Gasteiger partial charge in [0.1, 0.15) is 29.2 Å². The van der Waals surface area contributed by atoms with Crippen molar-refractivity contribution in [2.45, 2.75) is 86.2 Å². The van der Waals surface area contributed by atoms with Crippen LogP contribution < -0.4 is 10.9 Å². The number of aromatic nitrogens is 2. The predicted molar refractivity (Wildman–Crippen MR) is 162 cm³/mol. The number of carbonyl (C=O) groups is 2. The molecule has 1 N–H and O–H groups in total. The summed E-state index contributed by atoms with van der Waals surface area (Å²) in [6.07, 6.45) is -1.10. The monoisotopic (exact) mass is 571 g/mol. The highest BCUT2D eigenvalue weighted by Crippen LogP contribution is 2.32. The number of amides is 2. The molecular formula is C33H41N5O4. The molecule has 0 saturated carbocycles. The molecule has 0 aliphatic rings.